The van der Waals surface area contributed by atoms with Crippen molar-refractivity contribution in [1.82, 2.24) is 10.0 Å². The molecular formula is C13H22N2O2S2. The minimum Gasteiger partial charge on any atom is -0.312 e. The van der Waals surface area contributed by atoms with Crippen LogP contribution < -0.4 is 10.0 Å². The van der Waals surface area contributed by atoms with Crippen molar-refractivity contribution in [3.8, 4) is 0 Å². The lowest BCUT2D eigenvalue weighted by molar-refractivity contribution is 0.531. The third-order valence-electron chi connectivity index (χ3n) is 3.19. The van der Waals surface area contributed by atoms with Crippen LogP contribution in [-0.2, 0) is 16.6 Å². The van der Waals surface area contributed by atoms with Crippen LogP contribution in [0.5, 0.6) is 0 Å². The molecule has 108 valence electrons. The highest BCUT2D eigenvalue weighted by atomic mass is 32.2. The molecule has 1 atom stereocenters. The van der Waals surface area contributed by atoms with E-state index in [1.54, 1.807) is 6.07 Å². The zero-order chi connectivity index (χ0) is 13.9. The number of hydrogen-bond donors (Lipinski definition) is 2. The van der Waals surface area contributed by atoms with Crippen molar-refractivity contribution in [1.29, 1.82) is 0 Å². The third-order valence-corrected chi connectivity index (χ3v) is 6.36. The quantitative estimate of drug-likeness (QED) is 0.775. The number of thiophene rings is 1. The molecule has 1 fully saturated rings. The van der Waals surface area contributed by atoms with Crippen molar-refractivity contribution in [3.63, 3.8) is 0 Å². The normalized spacial score (nSPS) is 17.6. The van der Waals surface area contributed by atoms with Crippen molar-refractivity contribution in [2.75, 3.05) is 6.54 Å². The van der Waals surface area contributed by atoms with Gasteiger partial charge in [0.15, 0.2) is 0 Å². The Balaban J connectivity index is 1.95. The number of hydrogen-bond acceptors (Lipinski definition) is 4. The molecule has 0 saturated heterocycles. The molecule has 0 radical (unpaired) electrons. The summed E-state index contributed by atoms with van der Waals surface area (Å²) in [5.41, 5.74) is 0. The van der Waals surface area contributed by atoms with Crippen molar-refractivity contribution in [2.24, 2.45) is 5.92 Å². The van der Waals surface area contributed by atoms with Crippen LogP contribution in [0.15, 0.2) is 16.3 Å². The fraction of sp³-hybridized carbons (Fsp3) is 0.692. The molecule has 4 nitrogen and oxygen atoms in total. The van der Waals surface area contributed by atoms with E-state index in [1.165, 1.54) is 24.2 Å². The van der Waals surface area contributed by atoms with Gasteiger partial charge in [0.1, 0.15) is 4.21 Å². The van der Waals surface area contributed by atoms with E-state index in [0.29, 0.717) is 4.21 Å². The molecule has 2 rings (SSSR count). The molecule has 0 spiro atoms. The maximum atomic E-state index is 12.2. The van der Waals surface area contributed by atoms with Gasteiger partial charge in [-0.2, -0.15) is 0 Å². The summed E-state index contributed by atoms with van der Waals surface area (Å²) in [5, 5.41) is 3.20. The van der Waals surface area contributed by atoms with Crippen molar-refractivity contribution in [2.45, 2.75) is 49.9 Å². The van der Waals surface area contributed by atoms with Gasteiger partial charge < -0.3 is 5.32 Å². The van der Waals surface area contributed by atoms with Gasteiger partial charge in [0.05, 0.1) is 0 Å². The monoisotopic (exact) mass is 302 g/mol. The fourth-order valence-corrected chi connectivity index (χ4v) is 4.67. The Morgan fingerprint density at radius 3 is 2.79 bits per heavy atom. The molecule has 0 aliphatic heterocycles. The molecule has 0 bridgehead atoms. The first kappa shape index (κ1) is 15.0. The zero-order valence-corrected chi connectivity index (χ0v) is 13.1. The summed E-state index contributed by atoms with van der Waals surface area (Å²) in [6.45, 7) is 5.60. The summed E-state index contributed by atoms with van der Waals surface area (Å²) in [5.74, 6) is 0.727. The molecule has 19 heavy (non-hydrogen) atoms. The van der Waals surface area contributed by atoms with Crippen LogP contribution in [-0.4, -0.2) is 21.0 Å². The third kappa shape index (κ3) is 4.56. The summed E-state index contributed by atoms with van der Waals surface area (Å²) in [7, 11) is -3.34. The molecule has 0 aromatic carbocycles. The van der Waals surface area contributed by atoms with Gasteiger partial charge in [-0.05, 0) is 37.9 Å². The lowest BCUT2D eigenvalue weighted by Gasteiger charge is -2.12. The summed E-state index contributed by atoms with van der Waals surface area (Å²) in [4.78, 5) is 1.05. The van der Waals surface area contributed by atoms with Crippen LogP contribution in [0.2, 0.25) is 0 Å². The van der Waals surface area contributed by atoms with Crippen LogP contribution in [0.25, 0.3) is 0 Å². The molecule has 1 unspecified atom stereocenters. The lowest BCUT2D eigenvalue weighted by atomic mass is 10.2. The highest BCUT2D eigenvalue weighted by molar-refractivity contribution is 7.91. The SMILES string of the molecule is CCNCc1ccc(S(=O)(=O)NC(C)CC2CC2)s1. The minimum atomic E-state index is -3.34. The number of rotatable bonds is 8. The first-order valence-corrected chi connectivity index (χ1v) is 9.13. The molecule has 1 aromatic rings. The van der Waals surface area contributed by atoms with E-state index >= 15 is 0 Å². The maximum Gasteiger partial charge on any atom is 0.250 e. The highest BCUT2D eigenvalue weighted by Gasteiger charge is 2.26. The Labute approximate surface area is 119 Å². The summed E-state index contributed by atoms with van der Waals surface area (Å²) >= 11 is 1.34. The second-order valence-electron chi connectivity index (χ2n) is 5.20. The van der Waals surface area contributed by atoms with Gasteiger partial charge in [0.2, 0.25) is 10.0 Å². The van der Waals surface area contributed by atoms with Gasteiger partial charge in [0, 0.05) is 17.5 Å². The van der Waals surface area contributed by atoms with E-state index in [-0.39, 0.29) is 6.04 Å². The molecule has 1 aromatic heterocycles. The van der Waals surface area contributed by atoms with Crippen molar-refractivity contribution >= 4 is 21.4 Å². The Morgan fingerprint density at radius 2 is 2.16 bits per heavy atom. The topological polar surface area (TPSA) is 58.2 Å². The van der Waals surface area contributed by atoms with E-state index in [1.807, 2.05) is 19.9 Å². The molecule has 1 aliphatic carbocycles. The molecule has 2 N–H and O–H groups in total. The van der Waals surface area contributed by atoms with Gasteiger partial charge in [-0.3, -0.25) is 0 Å². The van der Waals surface area contributed by atoms with Gasteiger partial charge >= 0.3 is 0 Å². The summed E-state index contributed by atoms with van der Waals surface area (Å²) < 4.78 is 27.6. The summed E-state index contributed by atoms with van der Waals surface area (Å²) in [6, 6.07) is 3.61. The van der Waals surface area contributed by atoms with E-state index in [2.05, 4.69) is 10.0 Å². The number of sulfonamides is 1. The van der Waals surface area contributed by atoms with Crippen LogP contribution in [0.3, 0.4) is 0 Å². The largest absolute Gasteiger partial charge is 0.312 e. The molecule has 0 amide bonds. The predicted octanol–water partition coefficient (Wildman–Crippen LogP) is 2.32. The van der Waals surface area contributed by atoms with Crippen LogP contribution >= 0.6 is 11.3 Å². The first-order chi connectivity index (χ1) is 9.01. The van der Waals surface area contributed by atoms with Gasteiger partial charge in [0.25, 0.3) is 0 Å². The van der Waals surface area contributed by atoms with Crippen LogP contribution in [0, 0.1) is 5.92 Å². The van der Waals surface area contributed by atoms with Crippen LogP contribution in [0.4, 0.5) is 0 Å². The van der Waals surface area contributed by atoms with Crippen molar-refractivity contribution in [3.05, 3.63) is 17.0 Å². The van der Waals surface area contributed by atoms with E-state index < -0.39 is 10.0 Å². The Bertz CT molecular complexity index is 506. The highest BCUT2D eigenvalue weighted by Crippen LogP contribution is 2.33. The first-order valence-electron chi connectivity index (χ1n) is 6.83. The lowest BCUT2D eigenvalue weighted by Crippen LogP contribution is -2.32. The Kier molecular flexibility index (Phi) is 5.00. The van der Waals surface area contributed by atoms with Gasteiger partial charge in [-0.1, -0.05) is 19.8 Å². The average Bonchev–Trinajstić information content (AvgIpc) is 3.00. The second-order valence-corrected chi connectivity index (χ2v) is 8.31. The molecular weight excluding hydrogens is 280 g/mol. The smallest absolute Gasteiger partial charge is 0.250 e. The van der Waals surface area contributed by atoms with Gasteiger partial charge in [-0.25, -0.2) is 13.1 Å². The Hall–Kier alpha value is -0.430. The predicted molar refractivity (Wildman–Crippen MR) is 78.8 cm³/mol. The Morgan fingerprint density at radius 1 is 1.42 bits per heavy atom. The zero-order valence-electron chi connectivity index (χ0n) is 11.5. The molecule has 6 heteroatoms. The minimum absolute atomic E-state index is 0.0248. The molecule has 1 aliphatic rings. The van der Waals surface area contributed by atoms with Crippen LogP contribution in [0.1, 0.15) is 38.0 Å². The van der Waals surface area contributed by atoms with Gasteiger partial charge in [-0.15, -0.1) is 11.3 Å². The average molecular weight is 302 g/mol. The fourth-order valence-electron chi connectivity index (χ4n) is 2.07. The summed E-state index contributed by atoms with van der Waals surface area (Å²) in [6.07, 6.45) is 3.45. The maximum absolute atomic E-state index is 12.2. The van der Waals surface area contributed by atoms with E-state index in [0.717, 1.165) is 30.3 Å². The van der Waals surface area contributed by atoms with E-state index in [4.69, 9.17) is 0 Å². The standard InChI is InChI=1S/C13H22N2O2S2/c1-3-14-9-12-6-7-13(18-12)19(16,17)15-10(2)8-11-4-5-11/h6-7,10-11,14-15H,3-5,8-9H2,1-2H3. The number of nitrogens with one attached hydrogen (secondary N) is 2. The van der Waals surface area contributed by atoms with E-state index in [9.17, 15) is 8.42 Å². The second kappa shape index (κ2) is 6.35. The molecule has 1 saturated carbocycles. The van der Waals surface area contributed by atoms with Crippen molar-refractivity contribution < 1.29 is 8.42 Å². The molecule has 1 heterocycles.